The Morgan fingerprint density at radius 3 is 2.56 bits per heavy atom. The van der Waals surface area contributed by atoms with Crippen molar-refractivity contribution in [3.63, 3.8) is 0 Å². The second-order valence-corrected chi connectivity index (χ2v) is 4.14. The Hall–Kier alpha value is -2.15. The van der Waals surface area contributed by atoms with E-state index in [4.69, 9.17) is 0 Å². The third-order valence-electron chi connectivity index (χ3n) is 3.25. The quantitative estimate of drug-likeness (QED) is 0.638. The lowest BCUT2D eigenvalue weighted by Gasteiger charge is -1.99. The molecule has 4 rings (SSSR count). The van der Waals surface area contributed by atoms with Crippen molar-refractivity contribution in [3.8, 4) is 0 Å². The zero-order valence-corrected chi connectivity index (χ0v) is 8.64. The topological polar surface area (TPSA) is 12.9 Å². The molecule has 0 saturated heterocycles. The molecule has 16 heavy (non-hydrogen) atoms. The highest BCUT2D eigenvalue weighted by Gasteiger charge is 2.26. The Morgan fingerprint density at radius 1 is 0.750 bits per heavy atom. The van der Waals surface area contributed by atoms with Crippen molar-refractivity contribution in [1.82, 2.24) is 4.98 Å². The van der Waals surface area contributed by atoms with Crippen molar-refractivity contribution in [2.75, 3.05) is 0 Å². The van der Waals surface area contributed by atoms with E-state index >= 15 is 0 Å². The summed E-state index contributed by atoms with van der Waals surface area (Å²) >= 11 is 0. The summed E-state index contributed by atoms with van der Waals surface area (Å²) in [5, 5.41) is 0. The molecule has 1 heterocycles. The summed E-state index contributed by atoms with van der Waals surface area (Å²) in [5.41, 5.74) is 7.65. The van der Waals surface area contributed by atoms with Gasteiger partial charge in [-0.1, -0.05) is 30.3 Å². The number of rotatable bonds is 0. The van der Waals surface area contributed by atoms with Gasteiger partial charge in [0.2, 0.25) is 0 Å². The number of aromatic nitrogens is 1. The van der Waals surface area contributed by atoms with Gasteiger partial charge in [0.15, 0.2) is 0 Å². The maximum Gasteiger partial charge on any atom is 0.0714 e. The summed E-state index contributed by atoms with van der Waals surface area (Å²) in [4.78, 5) is 4.40. The number of nitrogens with zero attached hydrogens (tertiary/aromatic N) is 1. The fourth-order valence-corrected chi connectivity index (χ4v) is 2.52. The fourth-order valence-electron chi connectivity index (χ4n) is 2.52. The molecule has 0 N–H and O–H groups in total. The molecule has 1 aromatic carbocycles. The van der Waals surface area contributed by atoms with Crippen LogP contribution in [0.25, 0.3) is 23.3 Å². The number of hydrogen-bond acceptors (Lipinski definition) is 1. The van der Waals surface area contributed by atoms with Crippen molar-refractivity contribution in [2.45, 2.75) is 0 Å². The molecular weight excluding hydrogens is 194 g/mol. The molecule has 0 bridgehead atoms. The Labute approximate surface area is 93.8 Å². The Morgan fingerprint density at radius 2 is 1.56 bits per heavy atom. The van der Waals surface area contributed by atoms with Crippen LogP contribution in [0.1, 0.15) is 22.4 Å². The Kier molecular flexibility index (Phi) is 1.36. The largest absolute Gasteiger partial charge is 0.256 e. The summed E-state index contributed by atoms with van der Waals surface area (Å²) in [7, 11) is 0. The van der Waals surface area contributed by atoms with Crippen LogP contribution in [0.2, 0.25) is 0 Å². The molecule has 0 unspecified atom stereocenters. The van der Waals surface area contributed by atoms with Crippen LogP contribution in [-0.2, 0) is 0 Å². The van der Waals surface area contributed by atoms with Crippen LogP contribution in [0, 0.1) is 0 Å². The minimum absolute atomic E-state index is 1.10. The summed E-state index contributed by atoms with van der Waals surface area (Å²) in [6, 6.07) is 12.7. The standard InChI is InChI=1S/C15H9N/c1-2-5-11-10(4-1)8-13-12-6-3-7-16-15(12)9-14(11)13/h1-9H. The first-order valence-electron chi connectivity index (χ1n) is 5.42. The van der Waals surface area contributed by atoms with E-state index in [9.17, 15) is 0 Å². The van der Waals surface area contributed by atoms with Gasteiger partial charge in [0.05, 0.1) is 5.69 Å². The molecule has 74 valence electrons. The highest BCUT2D eigenvalue weighted by Crippen LogP contribution is 2.46. The van der Waals surface area contributed by atoms with Gasteiger partial charge in [-0.25, -0.2) is 0 Å². The van der Waals surface area contributed by atoms with E-state index in [-0.39, 0.29) is 0 Å². The molecule has 1 nitrogen and oxygen atoms in total. The van der Waals surface area contributed by atoms with E-state index in [1.807, 2.05) is 12.3 Å². The third kappa shape index (κ3) is 0.878. The van der Waals surface area contributed by atoms with Crippen molar-refractivity contribution in [1.29, 1.82) is 0 Å². The van der Waals surface area contributed by atoms with E-state index in [0.29, 0.717) is 0 Å². The molecule has 2 aliphatic rings. The van der Waals surface area contributed by atoms with Gasteiger partial charge in [-0.3, -0.25) is 4.98 Å². The smallest absolute Gasteiger partial charge is 0.0714 e. The van der Waals surface area contributed by atoms with Gasteiger partial charge in [0.25, 0.3) is 0 Å². The molecule has 2 aliphatic carbocycles. The van der Waals surface area contributed by atoms with Crippen LogP contribution in [-0.4, -0.2) is 4.98 Å². The average Bonchev–Trinajstić information content (AvgIpc) is 2.85. The van der Waals surface area contributed by atoms with Gasteiger partial charge in [0.1, 0.15) is 0 Å². The second-order valence-electron chi connectivity index (χ2n) is 4.14. The van der Waals surface area contributed by atoms with E-state index in [2.05, 4.69) is 47.5 Å². The molecular formula is C15H9N. The van der Waals surface area contributed by atoms with E-state index in [0.717, 1.165) is 5.69 Å². The number of pyridine rings is 1. The molecule has 1 heteroatoms. The SMILES string of the molecule is C1=C2C(=Cc3ccccc32)c2cccnc21. The van der Waals surface area contributed by atoms with Crippen LogP contribution in [0.15, 0.2) is 42.6 Å². The lowest BCUT2D eigenvalue weighted by atomic mass is 10.0. The average molecular weight is 203 g/mol. The Balaban J connectivity index is 2.03. The maximum absolute atomic E-state index is 4.40. The number of hydrogen-bond donors (Lipinski definition) is 0. The highest BCUT2D eigenvalue weighted by atomic mass is 14.7. The minimum atomic E-state index is 1.10. The molecule has 0 spiro atoms. The molecule has 0 atom stereocenters. The Bertz CT molecular complexity index is 603. The van der Waals surface area contributed by atoms with Crippen LogP contribution in [0.5, 0.6) is 0 Å². The minimum Gasteiger partial charge on any atom is -0.256 e. The predicted molar refractivity (Wildman–Crippen MR) is 66.4 cm³/mol. The molecule has 0 fully saturated rings. The van der Waals surface area contributed by atoms with Crippen molar-refractivity contribution in [2.24, 2.45) is 0 Å². The molecule has 1 aromatic heterocycles. The first kappa shape index (κ1) is 8.05. The molecule has 2 aromatic rings. The molecule has 0 saturated carbocycles. The lowest BCUT2D eigenvalue weighted by molar-refractivity contribution is 1.29. The molecule has 0 aliphatic heterocycles. The number of benzene rings is 1. The summed E-state index contributed by atoms with van der Waals surface area (Å²) < 4.78 is 0. The molecule has 0 radical (unpaired) electrons. The van der Waals surface area contributed by atoms with E-state index in [1.54, 1.807) is 0 Å². The summed E-state index contributed by atoms with van der Waals surface area (Å²) in [6.07, 6.45) is 6.30. The third-order valence-corrected chi connectivity index (χ3v) is 3.25. The second kappa shape index (κ2) is 2.70. The van der Waals surface area contributed by atoms with E-state index < -0.39 is 0 Å². The van der Waals surface area contributed by atoms with Gasteiger partial charge in [-0.15, -0.1) is 0 Å². The van der Waals surface area contributed by atoms with Gasteiger partial charge in [-0.05, 0) is 40.5 Å². The summed E-state index contributed by atoms with van der Waals surface area (Å²) in [6.45, 7) is 0. The zero-order chi connectivity index (χ0) is 10.5. The van der Waals surface area contributed by atoms with Crippen LogP contribution in [0.3, 0.4) is 0 Å². The van der Waals surface area contributed by atoms with Crippen molar-refractivity contribution in [3.05, 3.63) is 65.0 Å². The van der Waals surface area contributed by atoms with Gasteiger partial charge >= 0.3 is 0 Å². The summed E-state index contributed by atoms with van der Waals surface area (Å²) in [5.74, 6) is 0. The van der Waals surface area contributed by atoms with Gasteiger partial charge < -0.3 is 0 Å². The normalized spacial score (nSPS) is 15.0. The van der Waals surface area contributed by atoms with E-state index in [1.165, 1.54) is 27.8 Å². The predicted octanol–water partition coefficient (Wildman–Crippen LogP) is 3.49. The van der Waals surface area contributed by atoms with Crippen LogP contribution < -0.4 is 0 Å². The number of allylic oxidation sites excluding steroid dienone is 2. The lowest BCUT2D eigenvalue weighted by Crippen LogP contribution is -1.82. The molecule has 0 amide bonds. The maximum atomic E-state index is 4.40. The van der Waals surface area contributed by atoms with Crippen LogP contribution >= 0.6 is 0 Å². The first-order chi connectivity index (χ1) is 7.93. The first-order valence-corrected chi connectivity index (χ1v) is 5.42. The monoisotopic (exact) mass is 203 g/mol. The van der Waals surface area contributed by atoms with Crippen molar-refractivity contribution >= 4 is 23.3 Å². The highest BCUT2D eigenvalue weighted by molar-refractivity contribution is 6.25. The van der Waals surface area contributed by atoms with Crippen molar-refractivity contribution < 1.29 is 0 Å². The fraction of sp³-hybridized carbons (Fsp3) is 0. The zero-order valence-electron chi connectivity index (χ0n) is 8.64. The van der Waals surface area contributed by atoms with Gasteiger partial charge in [-0.2, -0.15) is 0 Å². The van der Waals surface area contributed by atoms with Gasteiger partial charge in [0, 0.05) is 11.8 Å². The number of fused-ring (bicyclic) bond motifs is 5. The van der Waals surface area contributed by atoms with Crippen LogP contribution in [0.4, 0.5) is 0 Å².